The minimum atomic E-state index is -0.489. The Morgan fingerprint density at radius 1 is 1.10 bits per heavy atom. The Morgan fingerprint density at radius 2 is 1.76 bits per heavy atom. The van der Waals surface area contributed by atoms with Gasteiger partial charge in [0.1, 0.15) is 12.2 Å². The molecule has 120 valence electrons. The molecule has 0 heterocycles. The summed E-state index contributed by atoms with van der Waals surface area (Å²) in [6, 6.07) is 0. The van der Waals surface area contributed by atoms with Crippen molar-refractivity contribution in [1.29, 1.82) is 0 Å². The standard InChI is InChI=1S/C17H28O4/c1-10-11(2)13-8-12(10)9-14(13)16(19)20-7-6-15(18)21-17(3,4)5/h10-14H,6-9H2,1-5H3. The number of carbonyl (C=O) groups excluding carboxylic acids is 2. The lowest BCUT2D eigenvalue weighted by molar-refractivity contribution is -0.159. The normalized spacial score (nSPS) is 34.8. The summed E-state index contributed by atoms with van der Waals surface area (Å²) < 4.78 is 10.5. The molecular weight excluding hydrogens is 268 g/mol. The van der Waals surface area contributed by atoms with Crippen LogP contribution in [0.3, 0.4) is 0 Å². The van der Waals surface area contributed by atoms with Gasteiger partial charge in [-0.3, -0.25) is 9.59 Å². The van der Waals surface area contributed by atoms with Crippen LogP contribution in [0.15, 0.2) is 0 Å². The molecule has 0 radical (unpaired) electrons. The maximum Gasteiger partial charge on any atom is 0.309 e. The van der Waals surface area contributed by atoms with Gasteiger partial charge in [-0.25, -0.2) is 0 Å². The summed E-state index contributed by atoms with van der Waals surface area (Å²) in [4.78, 5) is 23.8. The van der Waals surface area contributed by atoms with Crippen molar-refractivity contribution >= 4 is 11.9 Å². The zero-order valence-electron chi connectivity index (χ0n) is 13.8. The summed E-state index contributed by atoms with van der Waals surface area (Å²) in [6.07, 6.45) is 2.26. The van der Waals surface area contributed by atoms with Crippen molar-refractivity contribution in [2.75, 3.05) is 6.61 Å². The molecule has 0 aromatic carbocycles. The lowest BCUT2D eigenvalue weighted by atomic mass is 9.76. The second kappa shape index (κ2) is 5.98. The molecular formula is C17H28O4. The van der Waals surface area contributed by atoms with Gasteiger partial charge in [-0.1, -0.05) is 13.8 Å². The van der Waals surface area contributed by atoms with Crippen LogP contribution < -0.4 is 0 Å². The number of esters is 2. The maximum absolute atomic E-state index is 12.2. The SMILES string of the molecule is CC1C2CC(C(=O)OCCC(=O)OC(C)(C)C)C(C2)C1C. The average molecular weight is 296 g/mol. The first-order chi connectivity index (χ1) is 9.69. The van der Waals surface area contributed by atoms with E-state index >= 15 is 0 Å². The lowest BCUT2D eigenvalue weighted by Gasteiger charge is -2.30. The Balaban J connectivity index is 1.73. The maximum atomic E-state index is 12.2. The van der Waals surface area contributed by atoms with E-state index in [9.17, 15) is 9.59 Å². The molecule has 2 aliphatic carbocycles. The molecule has 21 heavy (non-hydrogen) atoms. The van der Waals surface area contributed by atoms with E-state index in [1.165, 1.54) is 0 Å². The second-order valence-corrected chi connectivity index (χ2v) is 7.72. The number of carbonyl (C=O) groups is 2. The van der Waals surface area contributed by atoms with Crippen molar-refractivity contribution in [3.63, 3.8) is 0 Å². The van der Waals surface area contributed by atoms with Crippen LogP contribution in [0.2, 0.25) is 0 Å². The highest BCUT2D eigenvalue weighted by Gasteiger charge is 2.51. The van der Waals surface area contributed by atoms with Gasteiger partial charge in [0, 0.05) is 0 Å². The Labute approximate surface area is 127 Å². The number of hydrogen-bond acceptors (Lipinski definition) is 4. The van der Waals surface area contributed by atoms with Crippen molar-refractivity contribution < 1.29 is 19.1 Å². The first-order valence-electron chi connectivity index (χ1n) is 8.07. The summed E-state index contributed by atoms with van der Waals surface area (Å²) in [5, 5.41) is 0. The number of fused-ring (bicyclic) bond motifs is 2. The Kier molecular flexibility index (Phi) is 4.64. The van der Waals surface area contributed by atoms with E-state index in [1.54, 1.807) is 0 Å². The van der Waals surface area contributed by atoms with E-state index in [1.807, 2.05) is 20.8 Å². The van der Waals surface area contributed by atoms with Crippen molar-refractivity contribution in [3.05, 3.63) is 0 Å². The summed E-state index contributed by atoms with van der Waals surface area (Å²) in [7, 11) is 0. The molecule has 4 heteroatoms. The van der Waals surface area contributed by atoms with Crippen LogP contribution in [0.5, 0.6) is 0 Å². The first-order valence-corrected chi connectivity index (χ1v) is 8.07. The molecule has 5 atom stereocenters. The fraction of sp³-hybridized carbons (Fsp3) is 0.882. The van der Waals surface area contributed by atoms with E-state index in [-0.39, 0.29) is 30.9 Å². The zero-order chi connectivity index (χ0) is 15.8. The topological polar surface area (TPSA) is 52.6 Å². The Bertz CT molecular complexity index is 408. The van der Waals surface area contributed by atoms with Crippen LogP contribution in [0.25, 0.3) is 0 Å². The predicted octanol–water partition coefficient (Wildman–Crippen LogP) is 3.19. The molecule has 0 spiro atoms. The highest BCUT2D eigenvalue weighted by molar-refractivity contribution is 5.74. The fourth-order valence-corrected chi connectivity index (χ4v) is 3.95. The minimum Gasteiger partial charge on any atom is -0.465 e. The van der Waals surface area contributed by atoms with Gasteiger partial charge >= 0.3 is 11.9 Å². The lowest BCUT2D eigenvalue weighted by Crippen LogP contribution is -2.31. The second-order valence-electron chi connectivity index (χ2n) is 7.72. The van der Waals surface area contributed by atoms with E-state index in [0.29, 0.717) is 17.8 Å². The summed E-state index contributed by atoms with van der Waals surface area (Å²) in [5.41, 5.74) is -0.489. The third-order valence-corrected chi connectivity index (χ3v) is 5.17. The van der Waals surface area contributed by atoms with Crippen molar-refractivity contribution in [2.24, 2.45) is 29.6 Å². The highest BCUT2D eigenvalue weighted by atomic mass is 16.6. The number of ether oxygens (including phenoxy) is 2. The van der Waals surface area contributed by atoms with Crippen molar-refractivity contribution in [2.45, 2.75) is 59.5 Å². The molecule has 5 unspecified atom stereocenters. The average Bonchev–Trinajstić information content (AvgIpc) is 2.88. The van der Waals surface area contributed by atoms with E-state index in [0.717, 1.165) is 18.8 Å². The van der Waals surface area contributed by atoms with Gasteiger partial charge in [0.05, 0.1) is 12.3 Å². The third kappa shape index (κ3) is 3.78. The molecule has 2 bridgehead atoms. The van der Waals surface area contributed by atoms with Gasteiger partial charge < -0.3 is 9.47 Å². The largest absolute Gasteiger partial charge is 0.465 e. The van der Waals surface area contributed by atoms with Crippen LogP contribution in [-0.2, 0) is 19.1 Å². The monoisotopic (exact) mass is 296 g/mol. The van der Waals surface area contributed by atoms with Crippen LogP contribution >= 0.6 is 0 Å². The van der Waals surface area contributed by atoms with Crippen LogP contribution in [0.4, 0.5) is 0 Å². The van der Waals surface area contributed by atoms with Gasteiger partial charge in [0.2, 0.25) is 0 Å². The molecule has 2 rings (SSSR count). The fourth-order valence-electron chi connectivity index (χ4n) is 3.95. The minimum absolute atomic E-state index is 0.0415. The molecule has 0 aliphatic heterocycles. The Hall–Kier alpha value is -1.06. The summed E-state index contributed by atoms with van der Waals surface area (Å²) in [6.45, 7) is 10.2. The smallest absolute Gasteiger partial charge is 0.309 e. The molecule has 2 fully saturated rings. The molecule has 0 amide bonds. The molecule has 0 aromatic rings. The summed E-state index contributed by atoms with van der Waals surface area (Å²) >= 11 is 0. The Morgan fingerprint density at radius 3 is 2.29 bits per heavy atom. The van der Waals surface area contributed by atoms with Crippen LogP contribution in [0.1, 0.15) is 53.9 Å². The van der Waals surface area contributed by atoms with Gasteiger partial charge in [0.25, 0.3) is 0 Å². The molecule has 2 saturated carbocycles. The molecule has 0 saturated heterocycles. The first kappa shape index (κ1) is 16.3. The highest BCUT2D eigenvalue weighted by Crippen LogP contribution is 2.55. The predicted molar refractivity (Wildman–Crippen MR) is 79.5 cm³/mol. The molecule has 0 aromatic heterocycles. The third-order valence-electron chi connectivity index (χ3n) is 5.17. The van der Waals surface area contributed by atoms with Gasteiger partial charge in [-0.15, -0.1) is 0 Å². The quantitative estimate of drug-likeness (QED) is 0.748. The number of rotatable bonds is 4. The number of hydrogen-bond donors (Lipinski definition) is 0. The zero-order valence-corrected chi connectivity index (χ0v) is 13.8. The van der Waals surface area contributed by atoms with Gasteiger partial charge in [-0.05, 0) is 57.3 Å². The van der Waals surface area contributed by atoms with Crippen LogP contribution in [-0.4, -0.2) is 24.1 Å². The van der Waals surface area contributed by atoms with Gasteiger partial charge in [-0.2, -0.15) is 0 Å². The van der Waals surface area contributed by atoms with Crippen molar-refractivity contribution in [1.82, 2.24) is 0 Å². The summed E-state index contributed by atoms with van der Waals surface area (Å²) in [5.74, 6) is 2.08. The van der Waals surface area contributed by atoms with E-state index in [2.05, 4.69) is 13.8 Å². The van der Waals surface area contributed by atoms with Gasteiger partial charge in [0.15, 0.2) is 0 Å². The molecule has 0 N–H and O–H groups in total. The van der Waals surface area contributed by atoms with Crippen molar-refractivity contribution in [3.8, 4) is 0 Å². The van der Waals surface area contributed by atoms with E-state index < -0.39 is 5.60 Å². The molecule has 2 aliphatic rings. The van der Waals surface area contributed by atoms with Crippen LogP contribution in [0, 0.1) is 29.6 Å². The molecule has 4 nitrogen and oxygen atoms in total. The van der Waals surface area contributed by atoms with E-state index in [4.69, 9.17) is 9.47 Å².